The number of aromatic nitrogens is 3. The molecule has 0 bridgehead atoms. The Hall–Kier alpha value is -2.89. The van der Waals surface area contributed by atoms with Gasteiger partial charge in [-0.1, -0.05) is 18.2 Å². The van der Waals surface area contributed by atoms with Gasteiger partial charge in [-0.25, -0.2) is 0 Å². The van der Waals surface area contributed by atoms with Gasteiger partial charge in [-0.15, -0.1) is 0 Å². The number of amides is 1. The number of aryl methyl sites for hydroxylation is 3. The van der Waals surface area contributed by atoms with Crippen LogP contribution in [0.1, 0.15) is 46.0 Å². The molecule has 2 heterocycles. The Labute approximate surface area is 146 Å². The van der Waals surface area contributed by atoms with Gasteiger partial charge in [0.25, 0.3) is 11.7 Å². The zero-order valence-corrected chi connectivity index (χ0v) is 15.1. The zero-order chi connectivity index (χ0) is 18.3. The van der Waals surface area contributed by atoms with Crippen molar-refractivity contribution in [3.63, 3.8) is 0 Å². The van der Waals surface area contributed by atoms with Crippen LogP contribution in [0, 0.1) is 20.8 Å². The lowest BCUT2D eigenvalue weighted by Crippen LogP contribution is -2.33. The Kier molecular flexibility index (Phi) is 4.20. The van der Waals surface area contributed by atoms with Crippen LogP contribution in [-0.4, -0.2) is 26.5 Å². The second-order valence-corrected chi connectivity index (χ2v) is 6.40. The van der Waals surface area contributed by atoms with Gasteiger partial charge < -0.3 is 10.3 Å². The summed E-state index contributed by atoms with van der Waals surface area (Å²) in [7, 11) is 1.86. The van der Waals surface area contributed by atoms with Gasteiger partial charge in [-0.3, -0.25) is 14.3 Å². The SMILES string of the molecule is Cc1nn(C)c(C)c1C(C)NC(=O)C(=O)c1c(C)[nH]c2ccccc12. The van der Waals surface area contributed by atoms with Crippen molar-refractivity contribution in [1.82, 2.24) is 20.1 Å². The van der Waals surface area contributed by atoms with Crippen molar-refractivity contribution in [2.45, 2.75) is 33.7 Å². The molecule has 1 unspecified atom stereocenters. The third-order valence-electron chi connectivity index (χ3n) is 4.67. The molecule has 0 saturated heterocycles. The summed E-state index contributed by atoms with van der Waals surface area (Å²) >= 11 is 0. The third-order valence-corrected chi connectivity index (χ3v) is 4.67. The lowest BCUT2D eigenvalue weighted by Gasteiger charge is -2.14. The molecule has 6 heteroatoms. The van der Waals surface area contributed by atoms with Crippen molar-refractivity contribution in [3.8, 4) is 0 Å². The number of para-hydroxylation sites is 1. The first-order chi connectivity index (χ1) is 11.8. The molecule has 2 aromatic heterocycles. The molecule has 0 aliphatic carbocycles. The number of H-pyrrole nitrogens is 1. The number of fused-ring (bicyclic) bond motifs is 1. The summed E-state index contributed by atoms with van der Waals surface area (Å²) in [4.78, 5) is 28.4. The van der Waals surface area contributed by atoms with E-state index in [9.17, 15) is 9.59 Å². The van der Waals surface area contributed by atoms with Crippen molar-refractivity contribution in [2.75, 3.05) is 0 Å². The van der Waals surface area contributed by atoms with E-state index in [1.807, 2.05) is 52.1 Å². The molecule has 0 saturated carbocycles. The van der Waals surface area contributed by atoms with Crippen LogP contribution in [0.15, 0.2) is 24.3 Å². The molecule has 6 nitrogen and oxygen atoms in total. The van der Waals surface area contributed by atoms with E-state index >= 15 is 0 Å². The number of Topliss-reactive ketones (excluding diaryl/α,β-unsaturated/α-hetero) is 1. The van der Waals surface area contributed by atoms with E-state index in [-0.39, 0.29) is 6.04 Å². The van der Waals surface area contributed by atoms with E-state index in [2.05, 4.69) is 15.4 Å². The van der Waals surface area contributed by atoms with Gasteiger partial charge >= 0.3 is 0 Å². The van der Waals surface area contributed by atoms with E-state index in [1.54, 1.807) is 11.6 Å². The van der Waals surface area contributed by atoms with Crippen molar-refractivity contribution < 1.29 is 9.59 Å². The Morgan fingerprint density at radius 2 is 1.88 bits per heavy atom. The number of carbonyl (C=O) groups is 2. The van der Waals surface area contributed by atoms with E-state index in [1.165, 1.54) is 0 Å². The van der Waals surface area contributed by atoms with Gasteiger partial charge in [-0.2, -0.15) is 5.10 Å². The highest BCUT2D eigenvalue weighted by atomic mass is 16.2. The second-order valence-electron chi connectivity index (χ2n) is 6.40. The number of nitrogens with one attached hydrogen (secondary N) is 2. The number of hydrogen-bond donors (Lipinski definition) is 2. The molecule has 3 aromatic rings. The molecule has 1 aromatic carbocycles. The lowest BCUT2D eigenvalue weighted by atomic mass is 10.0. The maximum atomic E-state index is 12.7. The predicted molar refractivity (Wildman–Crippen MR) is 96.6 cm³/mol. The van der Waals surface area contributed by atoms with Crippen LogP contribution in [0.2, 0.25) is 0 Å². The average Bonchev–Trinajstić information content (AvgIpc) is 3.01. The summed E-state index contributed by atoms with van der Waals surface area (Å²) in [5.74, 6) is -1.14. The van der Waals surface area contributed by atoms with Crippen LogP contribution in [-0.2, 0) is 11.8 Å². The number of benzene rings is 1. The van der Waals surface area contributed by atoms with E-state index < -0.39 is 11.7 Å². The maximum absolute atomic E-state index is 12.7. The highest BCUT2D eigenvalue weighted by Gasteiger charge is 2.25. The first kappa shape index (κ1) is 17.0. The molecular formula is C19H22N4O2. The third kappa shape index (κ3) is 2.84. The molecule has 0 spiro atoms. The van der Waals surface area contributed by atoms with Crippen molar-refractivity contribution in [2.24, 2.45) is 7.05 Å². The van der Waals surface area contributed by atoms with Crippen LogP contribution < -0.4 is 5.32 Å². The Bertz CT molecular complexity index is 981. The molecule has 1 atom stereocenters. The van der Waals surface area contributed by atoms with Gasteiger partial charge in [0.1, 0.15) is 0 Å². The van der Waals surface area contributed by atoms with Gasteiger partial charge in [-0.05, 0) is 33.8 Å². The number of rotatable bonds is 4. The van der Waals surface area contributed by atoms with Gasteiger partial charge in [0, 0.05) is 34.9 Å². The van der Waals surface area contributed by atoms with Crippen LogP contribution in [0.4, 0.5) is 0 Å². The highest BCUT2D eigenvalue weighted by Crippen LogP contribution is 2.24. The molecule has 130 valence electrons. The van der Waals surface area contributed by atoms with Crippen LogP contribution in [0.25, 0.3) is 10.9 Å². The quantitative estimate of drug-likeness (QED) is 0.567. The smallest absolute Gasteiger partial charge is 0.292 e. The molecule has 0 aliphatic rings. The van der Waals surface area contributed by atoms with Gasteiger partial charge in [0.2, 0.25) is 0 Å². The second kappa shape index (κ2) is 6.20. The molecule has 3 rings (SSSR count). The summed E-state index contributed by atoms with van der Waals surface area (Å²) in [5, 5.41) is 7.94. The topological polar surface area (TPSA) is 79.8 Å². The minimum atomic E-state index is -0.608. The Morgan fingerprint density at radius 1 is 1.20 bits per heavy atom. The molecule has 25 heavy (non-hydrogen) atoms. The summed E-state index contributed by atoms with van der Waals surface area (Å²) in [6.07, 6.45) is 0. The number of ketones is 1. The molecule has 0 aliphatic heterocycles. The Balaban J connectivity index is 1.88. The van der Waals surface area contributed by atoms with Crippen LogP contribution >= 0.6 is 0 Å². The number of carbonyl (C=O) groups excluding carboxylic acids is 2. The normalized spacial score (nSPS) is 12.4. The fourth-order valence-corrected chi connectivity index (χ4v) is 3.43. The first-order valence-electron chi connectivity index (χ1n) is 8.23. The van der Waals surface area contributed by atoms with Gasteiger partial charge in [0.05, 0.1) is 17.3 Å². The maximum Gasteiger partial charge on any atom is 0.292 e. The zero-order valence-electron chi connectivity index (χ0n) is 15.1. The van der Waals surface area contributed by atoms with E-state index in [0.29, 0.717) is 11.3 Å². The number of nitrogens with zero attached hydrogens (tertiary/aromatic N) is 2. The summed E-state index contributed by atoms with van der Waals surface area (Å²) < 4.78 is 1.78. The summed E-state index contributed by atoms with van der Waals surface area (Å²) in [6, 6.07) is 7.19. The first-order valence-corrected chi connectivity index (χ1v) is 8.23. The van der Waals surface area contributed by atoms with Crippen molar-refractivity contribution in [3.05, 3.63) is 52.5 Å². The molecule has 2 N–H and O–H groups in total. The average molecular weight is 338 g/mol. The van der Waals surface area contributed by atoms with Gasteiger partial charge in [0.15, 0.2) is 0 Å². The van der Waals surface area contributed by atoms with E-state index in [4.69, 9.17) is 0 Å². The monoisotopic (exact) mass is 338 g/mol. The fraction of sp³-hybridized carbons (Fsp3) is 0.316. The lowest BCUT2D eigenvalue weighted by molar-refractivity contribution is -0.117. The minimum absolute atomic E-state index is 0.296. The predicted octanol–water partition coefficient (Wildman–Crippen LogP) is 2.89. The van der Waals surface area contributed by atoms with Crippen LogP contribution in [0.3, 0.4) is 0 Å². The standard InChI is InChI=1S/C19H22N4O2/c1-10(16-12(3)22-23(5)13(16)4)21-19(25)18(24)17-11(2)20-15-9-7-6-8-14(15)17/h6-10,20H,1-5H3,(H,21,25). The highest BCUT2D eigenvalue weighted by molar-refractivity contribution is 6.45. The number of hydrogen-bond acceptors (Lipinski definition) is 3. The number of aromatic amines is 1. The largest absolute Gasteiger partial charge is 0.358 e. The molecule has 0 fully saturated rings. The fourth-order valence-electron chi connectivity index (χ4n) is 3.43. The summed E-state index contributed by atoms with van der Waals surface area (Å²) in [5.41, 5.74) is 4.75. The van der Waals surface area contributed by atoms with Crippen molar-refractivity contribution in [1.29, 1.82) is 0 Å². The molecule has 0 radical (unpaired) electrons. The molecular weight excluding hydrogens is 316 g/mol. The Morgan fingerprint density at radius 3 is 2.52 bits per heavy atom. The molecule has 1 amide bonds. The van der Waals surface area contributed by atoms with Crippen molar-refractivity contribution >= 4 is 22.6 Å². The van der Waals surface area contributed by atoms with Crippen LogP contribution in [0.5, 0.6) is 0 Å². The summed E-state index contributed by atoms with van der Waals surface area (Å²) in [6.45, 7) is 7.52. The van der Waals surface area contributed by atoms with E-state index in [0.717, 1.165) is 27.9 Å². The minimum Gasteiger partial charge on any atom is -0.358 e.